The van der Waals surface area contributed by atoms with Crippen molar-refractivity contribution < 1.29 is 17.6 Å². The fraction of sp³-hybridized carbons (Fsp3) is 0.667. The number of carbonyl (C=O) groups is 1. The predicted molar refractivity (Wildman–Crippen MR) is 78.6 cm³/mol. The summed E-state index contributed by atoms with van der Waals surface area (Å²) in [6.45, 7) is 1.49. The van der Waals surface area contributed by atoms with Gasteiger partial charge in [0.15, 0.2) is 9.84 Å². The molecule has 0 saturated carbocycles. The Hall–Kier alpha value is -1.30. The van der Waals surface area contributed by atoms with E-state index in [0.717, 1.165) is 25.3 Å². The van der Waals surface area contributed by atoms with Gasteiger partial charge in [-0.25, -0.2) is 8.42 Å². The van der Waals surface area contributed by atoms with Crippen molar-refractivity contribution >= 4 is 15.7 Å². The molecule has 0 N–H and O–H groups in total. The Morgan fingerprint density at radius 3 is 2.90 bits per heavy atom. The summed E-state index contributed by atoms with van der Waals surface area (Å²) in [5.41, 5.74) is 0. The van der Waals surface area contributed by atoms with Crippen molar-refractivity contribution in [3.05, 3.63) is 24.2 Å². The Balaban J connectivity index is 1.46. The smallest absolute Gasteiger partial charge is 0.222 e. The van der Waals surface area contributed by atoms with Gasteiger partial charge in [-0.3, -0.25) is 4.79 Å². The maximum absolute atomic E-state index is 12.2. The van der Waals surface area contributed by atoms with Crippen LogP contribution in [0.3, 0.4) is 0 Å². The molecular formula is C15H21NO4S. The average Bonchev–Trinajstić information content (AvgIpc) is 3.15. The normalized spacial score (nSPS) is 28.1. The summed E-state index contributed by atoms with van der Waals surface area (Å²) < 4.78 is 28.2. The van der Waals surface area contributed by atoms with E-state index < -0.39 is 9.84 Å². The second-order valence-corrected chi connectivity index (χ2v) is 8.38. The summed E-state index contributed by atoms with van der Waals surface area (Å²) in [6.07, 6.45) is 4.48. The van der Waals surface area contributed by atoms with Crippen LogP contribution in [0, 0.1) is 5.92 Å². The van der Waals surface area contributed by atoms with Gasteiger partial charge in [-0.2, -0.15) is 0 Å². The van der Waals surface area contributed by atoms with Gasteiger partial charge in [-0.1, -0.05) is 0 Å². The zero-order valence-electron chi connectivity index (χ0n) is 12.0. The molecule has 3 rings (SSSR count). The number of hydrogen-bond donors (Lipinski definition) is 0. The molecule has 116 valence electrons. The molecule has 0 bridgehead atoms. The lowest BCUT2D eigenvalue weighted by Gasteiger charge is -2.17. The van der Waals surface area contributed by atoms with Crippen LogP contribution in [0.1, 0.15) is 37.4 Å². The minimum Gasteiger partial charge on any atom is -0.469 e. The molecule has 2 unspecified atom stereocenters. The van der Waals surface area contributed by atoms with Crippen LogP contribution in [0.4, 0.5) is 0 Å². The van der Waals surface area contributed by atoms with Crippen molar-refractivity contribution in [1.82, 2.24) is 4.90 Å². The molecule has 2 saturated heterocycles. The molecule has 21 heavy (non-hydrogen) atoms. The largest absolute Gasteiger partial charge is 0.469 e. The molecule has 0 aromatic carbocycles. The number of hydrogen-bond acceptors (Lipinski definition) is 4. The van der Waals surface area contributed by atoms with Gasteiger partial charge in [0.1, 0.15) is 5.76 Å². The first-order chi connectivity index (χ1) is 10.0. The van der Waals surface area contributed by atoms with Gasteiger partial charge in [0.25, 0.3) is 0 Å². The van der Waals surface area contributed by atoms with Crippen molar-refractivity contribution in [3.8, 4) is 0 Å². The van der Waals surface area contributed by atoms with Gasteiger partial charge >= 0.3 is 0 Å². The van der Waals surface area contributed by atoms with E-state index >= 15 is 0 Å². The van der Waals surface area contributed by atoms with Crippen molar-refractivity contribution in [3.63, 3.8) is 0 Å². The second-order valence-electron chi connectivity index (χ2n) is 6.15. The van der Waals surface area contributed by atoms with E-state index in [4.69, 9.17) is 4.42 Å². The van der Waals surface area contributed by atoms with E-state index in [0.29, 0.717) is 25.2 Å². The number of nitrogens with zero attached hydrogens (tertiary/aromatic N) is 1. The molecule has 1 aromatic rings. The molecule has 2 aliphatic rings. The highest BCUT2D eigenvalue weighted by molar-refractivity contribution is 7.91. The third-order valence-electron chi connectivity index (χ3n) is 4.58. The Labute approximate surface area is 125 Å². The molecule has 2 fully saturated rings. The average molecular weight is 311 g/mol. The summed E-state index contributed by atoms with van der Waals surface area (Å²) in [5.74, 6) is 2.12. The van der Waals surface area contributed by atoms with E-state index in [1.807, 2.05) is 17.0 Å². The SMILES string of the molecule is O=C(CCC1CCS(=O)(=O)C1)N1CCC(c2ccco2)C1. The summed E-state index contributed by atoms with van der Waals surface area (Å²) in [5, 5.41) is 0. The van der Waals surface area contributed by atoms with Crippen LogP contribution in [0.5, 0.6) is 0 Å². The zero-order chi connectivity index (χ0) is 14.9. The maximum Gasteiger partial charge on any atom is 0.222 e. The van der Waals surface area contributed by atoms with Crippen LogP contribution < -0.4 is 0 Å². The van der Waals surface area contributed by atoms with Crippen molar-refractivity contribution in [2.45, 2.75) is 31.6 Å². The van der Waals surface area contributed by atoms with E-state index in [9.17, 15) is 13.2 Å². The number of likely N-dealkylation sites (tertiary alicyclic amines) is 1. The van der Waals surface area contributed by atoms with Crippen LogP contribution in [-0.4, -0.2) is 43.8 Å². The quantitative estimate of drug-likeness (QED) is 0.850. The van der Waals surface area contributed by atoms with Gasteiger partial charge in [0.05, 0.1) is 17.8 Å². The van der Waals surface area contributed by atoms with E-state index in [2.05, 4.69) is 0 Å². The van der Waals surface area contributed by atoms with Gasteiger partial charge in [0.2, 0.25) is 5.91 Å². The van der Waals surface area contributed by atoms with E-state index in [1.54, 1.807) is 6.26 Å². The molecule has 2 aliphatic heterocycles. The first kappa shape index (κ1) is 14.6. The van der Waals surface area contributed by atoms with Crippen molar-refractivity contribution in [2.75, 3.05) is 24.6 Å². The van der Waals surface area contributed by atoms with Crippen LogP contribution in [0.15, 0.2) is 22.8 Å². The Kier molecular flexibility index (Phi) is 4.06. The number of carbonyl (C=O) groups excluding carboxylic acids is 1. The predicted octanol–water partition coefficient (Wildman–Crippen LogP) is 1.81. The molecule has 1 aromatic heterocycles. The highest BCUT2D eigenvalue weighted by atomic mass is 32.2. The standard InChI is InChI=1S/C15H21NO4S/c17-15(4-3-12-6-9-21(18,19)11-12)16-7-5-13(10-16)14-2-1-8-20-14/h1-2,8,12-13H,3-7,9-11H2. The number of amides is 1. The van der Waals surface area contributed by atoms with Gasteiger partial charge in [-0.15, -0.1) is 0 Å². The molecular weight excluding hydrogens is 290 g/mol. The first-order valence-electron chi connectivity index (χ1n) is 7.55. The fourth-order valence-corrected chi connectivity index (χ4v) is 5.24. The molecule has 0 spiro atoms. The Bertz CT molecular complexity index is 593. The minimum absolute atomic E-state index is 0.147. The van der Waals surface area contributed by atoms with Crippen molar-refractivity contribution in [1.29, 1.82) is 0 Å². The highest BCUT2D eigenvalue weighted by Crippen LogP contribution is 2.29. The molecule has 2 atom stereocenters. The zero-order valence-corrected chi connectivity index (χ0v) is 12.8. The lowest BCUT2D eigenvalue weighted by molar-refractivity contribution is -0.130. The lowest BCUT2D eigenvalue weighted by atomic mass is 10.0. The first-order valence-corrected chi connectivity index (χ1v) is 9.37. The van der Waals surface area contributed by atoms with Crippen LogP contribution >= 0.6 is 0 Å². The summed E-state index contributed by atoms with van der Waals surface area (Å²) >= 11 is 0. The van der Waals surface area contributed by atoms with Crippen LogP contribution in [-0.2, 0) is 14.6 Å². The third-order valence-corrected chi connectivity index (χ3v) is 6.42. The van der Waals surface area contributed by atoms with Gasteiger partial charge in [0, 0.05) is 25.4 Å². The number of sulfone groups is 1. The Morgan fingerprint density at radius 1 is 1.38 bits per heavy atom. The minimum atomic E-state index is -2.84. The molecule has 0 radical (unpaired) electrons. The monoisotopic (exact) mass is 311 g/mol. The highest BCUT2D eigenvalue weighted by Gasteiger charge is 2.31. The second kappa shape index (κ2) is 5.83. The number of furan rings is 1. The molecule has 0 aliphatic carbocycles. The number of rotatable bonds is 4. The lowest BCUT2D eigenvalue weighted by Crippen LogP contribution is -2.28. The third kappa shape index (κ3) is 3.48. The van der Waals surface area contributed by atoms with Gasteiger partial charge < -0.3 is 9.32 Å². The summed E-state index contributed by atoms with van der Waals surface area (Å²) in [7, 11) is -2.84. The molecule has 1 amide bonds. The Morgan fingerprint density at radius 2 is 2.24 bits per heavy atom. The van der Waals surface area contributed by atoms with Crippen LogP contribution in [0.2, 0.25) is 0 Å². The summed E-state index contributed by atoms with van der Waals surface area (Å²) in [6, 6.07) is 3.84. The van der Waals surface area contributed by atoms with Crippen LogP contribution in [0.25, 0.3) is 0 Å². The fourth-order valence-electron chi connectivity index (χ4n) is 3.33. The van der Waals surface area contributed by atoms with Crippen molar-refractivity contribution in [2.24, 2.45) is 5.92 Å². The van der Waals surface area contributed by atoms with E-state index in [1.165, 1.54) is 0 Å². The van der Waals surface area contributed by atoms with E-state index in [-0.39, 0.29) is 23.3 Å². The topological polar surface area (TPSA) is 67.6 Å². The molecule has 3 heterocycles. The summed E-state index contributed by atoms with van der Waals surface area (Å²) in [4.78, 5) is 14.1. The van der Waals surface area contributed by atoms with Gasteiger partial charge in [-0.05, 0) is 37.3 Å². The molecule has 5 nitrogen and oxygen atoms in total. The maximum atomic E-state index is 12.2. The molecule has 6 heteroatoms.